The summed E-state index contributed by atoms with van der Waals surface area (Å²) in [6.07, 6.45) is 1.97. The molecule has 2 N–H and O–H groups in total. The number of benzene rings is 3. The van der Waals surface area contributed by atoms with Gasteiger partial charge in [-0.25, -0.2) is 0 Å². The Morgan fingerprint density at radius 1 is 0.968 bits per heavy atom. The fourth-order valence-electron chi connectivity index (χ4n) is 2.84. The number of hydroxylamine groups is 1. The van der Waals surface area contributed by atoms with Crippen LogP contribution in [-0.4, -0.2) is 17.7 Å². The molecule has 0 aliphatic heterocycles. The predicted octanol–water partition coefficient (Wildman–Crippen LogP) is 5.41. The molecule has 3 aromatic rings. The normalized spacial score (nSPS) is 11.1. The molecule has 160 valence electrons. The first kappa shape index (κ1) is 21.9. The van der Waals surface area contributed by atoms with Crippen molar-refractivity contribution in [2.24, 2.45) is 0 Å². The van der Waals surface area contributed by atoms with Crippen molar-refractivity contribution in [3.05, 3.63) is 96.3 Å². The minimum absolute atomic E-state index is 0.0347. The number of rotatable bonds is 11. The van der Waals surface area contributed by atoms with Gasteiger partial charge in [-0.2, -0.15) is 0 Å². The predicted molar refractivity (Wildman–Crippen MR) is 119 cm³/mol. The van der Waals surface area contributed by atoms with Crippen LogP contribution < -0.4 is 15.0 Å². The molecule has 3 aromatic carbocycles. The molecule has 0 fully saturated rings. The molecule has 6 heteroatoms. The van der Waals surface area contributed by atoms with E-state index in [1.807, 2.05) is 79.7 Å². The summed E-state index contributed by atoms with van der Waals surface area (Å²) < 4.78 is 11.8. The largest absolute Gasteiger partial charge is 0.481 e. The number of nitrogens with one attached hydrogen (secondary N) is 1. The van der Waals surface area contributed by atoms with Gasteiger partial charge < -0.3 is 14.6 Å². The molecule has 0 heterocycles. The third kappa shape index (κ3) is 6.90. The number of carbonyl (C=O) groups is 1. The van der Waals surface area contributed by atoms with E-state index in [2.05, 4.69) is 5.48 Å². The summed E-state index contributed by atoms with van der Waals surface area (Å²) in [5, 5.41) is 8.97. The molecule has 0 radical (unpaired) electrons. The van der Waals surface area contributed by atoms with Crippen LogP contribution in [0, 0.1) is 0 Å². The van der Waals surface area contributed by atoms with Gasteiger partial charge in [0.15, 0.2) is 0 Å². The molecule has 0 aliphatic carbocycles. The number of hydrogen-bond acceptors (Lipinski definition) is 5. The molecule has 3 rings (SSSR count). The van der Waals surface area contributed by atoms with Crippen molar-refractivity contribution in [2.75, 3.05) is 6.61 Å². The van der Waals surface area contributed by atoms with E-state index in [4.69, 9.17) is 19.4 Å². The van der Waals surface area contributed by atoms with E-state index in [-0.39, 0.29) is 6.42 Å². The average Bonchev–Trinajstić information content (AvgIpc) is 2.79. The van der Waals surface area contributed by atoms with Crippen LogP contribution in [0.5, 0.6) is 17.2 Å². The quantitative estimate of drug-likeness (QED) is 0.319. The lowest BCUT2D eigenvalue weighted by Gasteiger charge is -2.13. The van der Waals surface area contributed by atoms with Gasteiger partial charge in [-0.05, 0) is 49.2 Å². The van der Waals surface area contributed by atoms with Crippen LogP contribution in [0.2, 0.25) is 0 Å². The maximum atomic E-state index is 10.9. The van der Waals surface area contributed by atoms with Crippen LogP contribution in [-0.2, 0) is 16.1 Å². The van der Waals surface area contributed by atoms with E-state index in [0.717, 1.165) is 16.9 Å². The van der Waals surface area contributed by atoms with Crippen molar-refractivity contribution in [3.8, 4) is 17.2 Å². The highest BCUT2D eigenvalue weighted by Crippen LogP contribution is 2.25. The summed E-state index contributed by atoms with van der Waals surface area (Å²) in [6, 6.07) is 24.5. The molecule has 0 atom stereocenters. The first-order valence-electron chi connectivity index (χ1n) is 10.0. The first-order valence-corrected chi connectivity index (χ1v) is 10.0. The summed E-state index contributed by atoms with van der Waals surface area (Å²) >= 11 is 0. The Labute approximate surface area is 181 Å². The van der Waals surface area contributed by atoms with E-state index in [1.54, 1.807) is 12.3 Å². The summed E-state index contributed by atoms with van der Waals surface area (Å²) in [5.41, 5.74) is 5.14. The number of aliphatic carboxylic acids is 1. The molecule has 6 nitrogen and oxygen atoms in total. The Kier molecular flexibility index (Phi) is 8.08. The summed E-state index contributed by atoms with van der Waals surface area (Å²) in [5.74, 6) is 1.16. The zero-order chi connectivity index (χ0) is 21.9. The van der Waals surface area contributed by atoms with Crippen LogP contribution in [0.3, 0.4) is 0 Å². The Bertz CT molecular complexity index is 1020. The second-order valence-electron chi connectivity index (χ2n) is 6.63. The van der Waals surface area contributed by atoms with E-state index in [1.165, 1.54) is 0 Å². The van der Waals surface area contributed by atoms with Crippen LogP contribution in [0.4, 0.5) is 0 Å². The Morgan fingerprint density at radius 3 is 2.48 bits per heavy atom. The zero-order valence-corrected chi connectivity index (χ0v) is 17.3. The van der Waals surface area contributed by atoms with Crippen molar-refractivity contribution >= 4 is 11.7 Å². The van der Waals surface area contributed by atoms with Gasteiger partial charge in [0.25, 0.3) is 0 Å². The van der Waals surface area contributed by atoms with Gasteiger partial charge in [0.2, 0.25) is 0 Å². The van der Waals surface area contributed by atoms with Crippen molar-refractivity contribution in [2.45, 2.75) is 19.8 Å². The number of ether oxygens (including phenoxy) is 2. The molecule has 0 spiro atoms. The Balaban J connectivity index is 1.81. The average molecular weight is 419 g/mol. The van der Waals surface area contributed by atoms with Gasteiger partial charge in [0, 0.05) is 12.0 Å². The number of carboxylic acids is 1. The smallest absolute Gasteiger partial charge is 0.303 e. The van der Waals surface area contributed by atoms with Crippen molar-refractivity contribution in [1.29, 1.82) is 0 Å². The molecule has 0 bridgehead atoms. The van der Waals surface area contributed by atoms with Crippen LogP contribution >= 0.6 is 0 Å². The molecule has 0 aliphatic rings. The van der Waals surface area contributed by atoms with Gasteiger partial charge in [-0.1, -0.05) is 48.5 Å². The van der Waals surface area contributed by atoms with Crippen molar-refractivity contribution < 1.29 is 24.2 Å². The summed E-state index contributed by atoms with van der Waals surface area (Å²) in [4.78, 5) is 16.3. The van der Waals surface area contributed by atoms with Gasteiger partial charge in [-0.15, -0.1) is 0 Å². The third-order valence-electron chi connectivity index (χ3n) is 4.33. The molecular weight excluding hydrogens is 394 g/mol. The second-order valence-corrected chi connectivity index (χ2v) is 6.63. The van der Waals surface area contributed by atoms with E-state index < -0.39 is 5.97 Å². The van der Waals surface area contributed by atoms with Gasteiger partial charge in [-0.3, -0.25) is 15.1 Å². The second kappa shape index (κ2) is 11.4. The van der Waals surface area contributed by atoms with Crippen molar-refractivity contribution in [1.82, 2.24) is 5.48 Å². The standard InChI is InChI=1S/C25H25NO5/c1-2-30-26-23(18-29-24-14-7-6-9-19(24)15-16-25(27)28)20-10-8-13-22(17-20)31-21-11-4-3-5-12-21/h3-14,17-18,26H,2,15-16H2,1H3,(H,27,28). The molecule has 0 unspecified atom stereocenters. The molecule has 31 heavy (non-hydrogen) atoms. The van der Waals surface area contributed by atoms with Gasteiger partial charge >= 0.3 is 5.97 Å². The number of para-hydroxylation sites is 2. The Hall–Kier alpha value is -3.77. The highest BCUT2D eigenvalue weighted by atomic mass is 16.6. The van der Waals surface area contributed by atoms with Crippen LogP contribution in [0.15, 0.2) is 85.1 Å². The minimum atomic E-state index is -0.848. The summed E-state index contributed by atoms with van der Waals surface area (Å²) in [7, 11) is 0. The Morgan fingerprint density at radius 2 is 1.71 bits per heavy atom. The molecular formula is C25H25NO5. The van der Waals surface area contributed by atoms with Crippen LogP contribution in [0.1, 0.15) is 24.5 Å². The van der Waals surface area contributed by atoms with E-state index >= 15 is 0 Å². The SMILES string of the molecule is CCONC(=COc1ccccc1CCC(=O)O)c1cccc(Oc2ccccc2)c1. The topological polar surface area (TPSA) is 77.0 Å². The lowest BCUT2D eigenvalue weighted by Crippen LogP contribution is -2.14. The highest BCUT2D eigenvalue weighted by molar-refractivity contribution is 5.67. The summed E-state index contributed by atoms with van der Waals surface area (Å²) in [6.45, 7) is 2.34. The van der Waals surface area contributed by atoms with E-state index in [9.17, 15) is 4.79 Å². The van der Waals surface area contributed by atoms with Crippen molar-refractivity contribution in [3.63, 3.8) is 0 Å². The lowest BCUT2D eigenvalue weighted by atomic mass is 10.1. The first-order chi connectivity index (χ1) is 15.2. The molecule has 0 aromatic heterocycles. The molecule has 0 saturated heterocycles. The van der Waals surface area contributed by atoms with E-state index in [0.29, 0.717) is 30.2 Å². The maximum Gasteiger partial charge on any atom is 0.303 e. The molecule has 0 saturated carbocycles. The minimum Gasteiger partial charge on any atom is -0.481 e. The third-order valence-corrected chi connectivity index (χ3v) is 4.33. The fraction of sp³-hybridized carbons (Fsp3) is 0.160. The maximum absolute atomic E-state index is 10.9. The number of aryl methyl sites for hydroxylation is 1. The monoisotopic (exact) mass is 419 g/mol. The van der Waals surface area contributed by atoms with Gasteiger partial charge in [0.05, 0.1) is 6.61 Å². The number of carboxylic acid groups (broad SMARTS) is 1. The fourth-order valence-corrected chi connectivity index (χ4v) is 2.84. The highest BCUT2D eigenvalue weighted by Gasteiger charge is 2.08. The lowest BCUT2D eigenvalue weighted by molar-refractivity contribution is -0.136. The number of hydrogen-bond donors (Lipinski definition) is 2. The van der Waals surface area contributed by atoms with Gasteiger partial charge in [0.1, 0.15) is 29.2 Å². The zero-order valence-electron chi connectivity index (χ0n) is 17.3. The van der Waals surface area contributed by atoms with Crippen LogP contribution in [0.25, 0.3) is 5.70 Å². The molecule has 0 amide bonds.